The van der Waals surface area contributed by atoms with E-state index in [1.54, 1.807) is 12.1 Å². The first-order valence-corrected chi connectivity index (χ1v) is 8.55. The van der Waals surface area contributed by atoms with Gasteiger partial charge in [0.15, 0.2) is 17.5 Å². The van der Waals surface area contributed by atoms with Crippen LogP contribution in [0.2, 0.25) is 0 Å². The molecule has 0 atom stereocenters. The number of amides is 3. The van der Waals surface area contributed by atoms with E-state index in [4.69, 9.17) is 0 Å². The first-order chi connectivity index (χ1) is 13.3. The normalized spacial score (nSPS) is 15.4. The quantitative estimate of drug-likeness (QED) is 0.598. The van der Waals surface area contributed by atoms with Crippen molar-refractivity contribution in [2.45, 2.75) is 0 Å². The fourth-order valence-electron chi connectivity index (χ4n) is 2.36. The van der Waals surface area contributed by atoms with Crippen molar-refractivity contribution in [1.82, 2.24) is 4.90 Å². The number of thioether (sulfide) groups is 1. The smallest absolute Gasteiger partial charge is 0.294 e. The summed E-state index contributed by atoms with van der Waals surface area (Å²) in [5.74, 6) is -6.51. The SMILES string of the molecule is O=C(CN1C(=O)S/C(=C/c2cccc(O)c2)C1=O)Nc1ccc(F)c(F)c1F. The third-order valence-corrected chi connectivity index (χ3v) is 4.56. The highest BCUT2D eigenvalue weighted by atomic mass is 32.2. The van der Waals surface area contributed by atoms with Gasteiger partial charge in [-0.05, 0) is 47.7 Å². The summed E-state index contributed by atoms with van der Waals surface area (Å²) < 4.78 is 39.7. The molecule has 0 aliphatic carbocycles. The third kappa shape index (κ3) is 4.01. The van der Waals surface area contributed by atoms with Gasteiger partial charge in [-0.1, -0.05) is 12.1 Å². The van der Waals surface area contributed by atoms with Crippen LogP contribution in [0.15, 0.2) is 41.3 Å². The largest absolute Gasteiger partial charge is 0.508 e. The second kappa shape index (κ2) is 7.77. The van der Waals surface area contributed by atoms with Gasteiger partial charge in [-0.15, -0.1) is 0 Å². The maximum absolute atomic E-state index is 13.6. The summed E-state index contributed by atoms with van der Waals surface area (Å²) >= 11 is 0.592. The molecule has 1 saturated heterocycles. The Morgan fingerprint density at radius 1 is 1.14 bits per heavy atom. The summed E-state index contributed by atoms with van der Waals surface area (Å²) in [6.45, 7) is -0.736. The van der Waals surface area contributed by atoms with E-state index in [1.165, 1.54) is 18.2 Å². The Kier molecular flexibility index (Phi) is 5.41. The summed E-state index contributed by atoms with van der Waals surface area (Å²) in [5, 5.41) is 10.7. The number of phenolic OH excluding ortho intramolecular Hbond substituents is 1. The molecule has 0 bridgehead atoms. The number of anilines is 1. The molecule has 1 heterocycles. The number of nitrogens with zero attached hydrogens (tertiary/aromatic N) is 1. The molecule has 3 rings (SSSR count). The van der Waals surface area contributed by atoms with Gasteiger partial charge < -0.3 is 10.4 Å². The van der Waals surface area contributed by atoms with Crippen LogP contribution < -0.4 is 5.32 Å². The Labute approximate surface area is 160 Å². The third-order valence-electron chi connectivity index (χ3n) is 3.65. The number of halogens is 3. The second-order valence-electron chi connectivity index (χ2n) is 5.63. The molecule has 0 unspecified atom stereocenters. The summed E-state index contributed by atoms with van der Waals surface area (Å²) in [6, 6.07) is 7.42. The zero-order chi connectivity index (χ0) is 20.4. The number of benzene rings is 2. The van der Waals surface area contributed by atoms with Crippen molar-refractivity contribution < 1.29 is 32.7 Å². The zero-order valence-corrected chi connectivity index (χ0v) is 14.7. The maximum Gasteiger partial charge on any atom is 0.294 e. The van der Waals surface area contributed by atoms with Crippen LogP contribution in [0.5, 0.6) is 5.75 Å². The molecule has 2 aromatic rings. The lowest BCUT2D eigenvalue weighted by Gasteiger charge is -2.13. The van der Waals surface area contributed by atoms with Crippen molar-refractivity contribution in [2.24, 2.45) is 0 Å². The Hall–Kier alpha value is -3.27. The highest BCUT2D eigenvalue weighted by Crippen LogP contribution is 2.32. The zero-order valence-electron chi connectivity index (χ0n) is 13.9. The fourth-order valence-corrected chi connectivity index (χ4v) is 3.20. The molecule has 10 heteroatoms. The minimum Gasteiger partial charge on any atom is -0.508 e. The van der Waals surface area contributed by atoms with E-state index in [0.717, 1.165) is 6.07 Å². The van der Waals surface area contributed by atoms with Crippen LogP contribution in [0, 0.1) is 17.5 Å². The Balaban J connectivity index is 1.72. The molecule has 3 amide bonds. The van der Waals surface area contributed by atoms with Crippen LogP contribution in [-0.4, -0.2) is 33.6 Å². The van der Waals surface area contributed by atoms with Gasteiger partial charge in [0, 0.05) is 0 Å². The molecule has 1 aliphatic rings. The van der Waals surface area contributed by atoms with Gasteiger partial charge in [0.25, 0.3) is 11.1 Å². The van der Waals surface area contributed by atoms with Gasteiger partial charge in [0.2, 0.25) is 5.91 Å². The highest BCUT2D eigenvalue weighted by molar-refractivity contribution is 8.18. The van der Waals surface area contributed by atoms with Crippen LogP contribution in [0.4, 0.5) is 23.7 Å². The van der Waals surface area contributed by atoms with Crippen LogP contribution in [0.1, 0.15) is 5.56 Å². The summed E-state index contributed by atoms with van der Waals surface area (Å²) in [7, 11) is 0. The predicted octanol–water partition coefficient (Wildman–Crippen LogP) is 3.48. The fraction of sp³-hybridized carbons (Fsp3) is 0.0556. The van der Waals surface area contributed by atoms with Crippen molar-refractivity contribution in [2.75, 3.05) is 11.9 Å². The van der Waals surface area contributed by atoms with Gasteiger partial charge in [-0.2, -0.15) is 0 Å². The van der Waals surface area contributed by atoms with Gasteiger partial charge in [-0.25, -0.2) is 13.2 Å². The van der Waals surface area contributed by atoms with Crippen LogP contribution in [0.25, 0.3) is 6.08 Å². The molecule has 0 spiro atoms. The van der Waals surface area contributed by atoms with Crippen LogP contribution >= 0.6 is 11.8 Å². The van der Waals surface area contributed by atoms with Gasteiger partial charge in [0.05, 0.1) is 10.6 Å². The molecule has 2 N–H and O–H groups in total. The van der Waals surface area contributed by atoms with Gasteiger partial charge in [-0.3, -0.25) is 19.3 Å². The van der Waals surface area contributed by atoms with E-state index < -0.39 is 46.7 Å². The number of nitrogens with one attached hydrogen (secondary N) is 1. The highest BCUT2D eigenvalue weighted by Gasteiger charge is 2.36. The number of aromatic hydroxyl groups is 1. The van der Waals surface area contributed by atoms with Gasteiger partial charge in [0.1, 0.15) is 12.3 Å². The van der Waals surface area contributed by atoms with E-state index in [-0.39, 0.29) is 10.7 Å². The van der Waals surface area contributed by atoms with E-state index in [1.807, 2.05) is 5.32 Å². The van der Waals surface area contributed by atoms with Gasteiger partial charge >= 0.3 is 0 Å². The average Bonchev–Trinajstić information content (AvgIpc) is 2.90. The molecule has 2 aromatic carbocycles. The minimum absolute atomic E-state index is 0.0269. The second-order valence-corrected chi connectivity index (χ2v) is 6.63. The molecule has 6 nitrogen and oxygen atoms in total. The Morgan fingerprint density at radius 3 is 2.61 bits per heavy atom. The lowest BCUT2D eigenvalue weighted by molar-refractivity contribution is -0.127. The number of rotatable bonds is 4. The molecular formula is C18H11F3N2O4S. The van der Waals surface area contributed by atoms with Crippen molar-refractivity contribution in [3.8, 4) is 5.75 Å². The first-order valence-electron chi connectivity index (χ1n) is 7.74. The molecule has 28 heavy (non-hydrogen) atoms. The summed E-state index contributed by atoms with van der Waals surface area (Å²) in [5.41, 5.74) is -0.148. The van der Waals surface area contributed by atoms with E-state index in [2.05, 4.69) is 0 Å². The molecule has 0 saturated carbocycles. The molecular weight excluding hydrogens is 397 g/mol. The molecule has 0 radical (unpaired) electrons. The molecule has 1 aliphatic heterocycles. The van der Waals surface area contributed by atoms with Crippen LogP contribution in [-0.2, 0) is 9.59 Å². The average molecular weight is 408 g/mol. The van der Waals surface area contributed by atoms with E-state index in [0.29, 0.717) is 28.3 Å². The molecule has 0 aromatic heterocycles. The standard InChI is InChI=1S/C18H11F3N2O4S/c19-11-4-5-12(16(21)15(11)20)22-14(25)8-23-17(26)13(28-18(23)27)7-9-2-1-3-10(24)6-9/h1-7,24H,8H2,(H,22,25)/b13-7+. The number of carbonyl (C=O) groups excluding carboxylic acids is 3. The lowest BCUT2D eigenvalue weighted by atomic mass is 10.2. The summed E-state index contributed by atoms with van der Waals surface area (Å²) in [6.07, 6.45) is 1.37. The number of hydrogen-bond donors (Lipinski definition) is 2. The topological polar surface area (TPSA) is 86.7 Å². The van der Waals surface area contributed by atoms with Crippen molar-refractivity contribution >= 4 is 40.6 Å². The number of phenols is 1. The van der Waals surface area contributed by atoms with Crippen LogP contribution in [0.3, 0.4) is 0 Å². The van der Waals surface area contributed by atoms with Crippen molar-refractivity contribution in [3.05, 3.63) is 64.3 Å². The number of hydrogen-bond acceptors (Lipinski definition) is 5. The lowest BCUT2D eigenvalue weighted by Crippen LogP contribution is -2.36. The molecule has 144 valence electrons. The monoisotopic (exact) mass is 408 g/mol. The Morgan fingerprint density at radius 2 is 1.89 bits per heavy atom. The Bertz CT molecular complexity index is 1030. The minimum atomic E-state index is -1.75. The van der Waals surface area contributed by atoms with E-state index >= 15 is 0 Å². The van der Waals surface area contributed by atoms with Crippen molar-refractivity contribution in [1.29, 1.82) is 0 Å². The molecule has 1 fully saturated rings. The van der Waals surface area contributed by atoms with Crippen molar-refractivity contribution in [3.63, 3.8) is 0 Å². The maximum atomic E-state index is 13.6. The first kappa shape index (κ1) is 19.5. The summed E-state index contributed by atoms with van der Waals surface area (Å²) in [4.78, 5) is 37.0. The van der Waals surface area contributed by atoms with E-state index in [9.17, 15) is 32.7 Å². The number of carbonyl (C=O) groups is 3. The predicted molar refractivity (Wildman–Crippen MR) is 95.7 cm³/mol. The number of imide groups is 1.